The van der Waals surface area contributed by atoms with E-state index in [1.54, 1.807) is 0 Å². The van der Waals surface area contributed by atoms with Gasteiger partial charge < -0.3 is 10.5 Å². The Morgan fingerprint density at radius 1 is 1.10 bits per heavy atom. The third-order valence-electron chi connectivity index (χ3n) is 2.73. The van der Waals surface area contributed by atoms with Gasteiger partial charge >= 0.3 is 6.18 Å². The first-order valence-electron chi connectivity index (χ1n) is 5.81. The molecule has 0 aliphatic heterocycles. The Morgan fingerprint density at radius 3 is 2.43 bits per heavy atom. The Kier molecular flexibility index (Phi) is 4.41. The largest absolute Gasteiger partial charge is 0.487 e. The smallest absolute Gasteiger partial charge is 0.416 e. The van der Waals surface area contributed by atoms with Crippen molar-refractivity contribution in [2.75, 3.05) is 5.73 Å². The van der Waals surface area contributed by atoms with Gasteiger partial charge in [0.2, 0.25) is 0 Å². The minimum Gasteiger partial charge on any atom is -0.487 e. The Labute approximate surface area is 126 Å². The number of hydrogen-bond acceptors (Lipinski definition) is 2. The first kappa shape index (κ1) is 15.6. The highest BCUT2D eigenvalue weighted by atomic mass is 79.9. The zero-order valence-electron chi connectivity index (χ0n) is 10.5. The van der Waals surface area contributed by atoms with Crippen molar-refractivity contribution in [1.82, 2.24) is 0 Å². The lowest BCUT2D eigenvalue weighted by Crippen LogP contribution is -2.07. The van der Waals surface area contributed by atoms with E-state index >= 15 is 0 Å². The molecule has 0 amide bonds. The third-order valence-corrected chi connectivity index (χ3v) is 3.50. The van der Waals surface area contributed by atoms with Gasteiger partial charge in [-0.25, -0.2) is 4.39 Å². The van der Waals surface area contributed by atoms with Gasteiger partial charge in [0.1, 0.15) is 18.2 Å². The first-order chi connectivity index (χ1) is 9.77. The molecule has 2 rings (SSSR count). The quantitative estimate of drug-likeness (QED) is 0.629. The van der Waals surface area contributed by atoms with Crippen molar-refractivity contribution in [3.8, 4) is 5.75 Å². The normalized spacial score (nSPS) is 11.5. The Bertz CT molecular complexity index is 658. The number of ether oxygens (including phenoxy) is 1. The fourth-order valence-electron chi connectivity index (χ4n) is 1.67. The monoisotopic (exact) mass is 363 g/mol. The number of nitrogen functional groups attached to an aromatic ring is 1. The highest BCUT2D eigenvalue weighted by Gasteiger charge is 2.30. The summed E-state index contributed by atoms with van der Waals surface area (Å²) >= 11 is 3.23. The second-order valence-corrected chi connectivity index (χ2v) is 5.13. The molecule has 112 valence electrons. The molecule has 2 aromatic rings. The maximum atomic E-state index is 13.1. The molecule has 0 fully saturated rings. The average Bonchev–Trinajstić information content (AvgIpc) is 2.40. The van der Waals surface area contributed by atoms with E-state index in [1.807, 2.05) is 0 Å². The summed E-state index contributed by atoms with van der Waals surface area (Å²) in [5.74, 6) is -0.323. The molecule has 0 saturated carbocycles. The van der Waals surface area contributed by atoms with Crippen LogP contribution in [0.2, 0.25) is 0 Å². The lowest BCUT2D eigenvalue weighted by atomic mass is 10.2. The summed E-state index contributed by atoms with van der Waals surface area (Å²) in [5, 5.41) is 0. The van der Waals surface area contributed by atoms with Crippen LogP contribution in [-0.4, -0.2) is 0 Å². The van der Waals surface area contributed by atoms with Crippen molar-refractivity contribution in [3.05, 3.63) is 57.8 Å². The van der Waals surface area contributed by atoms with E-state index in [0.717, 1.165) is 18.2 Å². The van der Waals surface area contributed by atoms with E-state index in [-0.39, 0.29) is 18.0 Å². The summed E-state index contributed by atoms with van der Waals surface area (Å²) in [4.78, 5) is 0. The van der Waals surface area contributed by atoms with E-state index in [0.29, 0.717) is 10.0 Å². The van der Waals surface area contributed by atoms with Gasteiger partial charge in [0.15, 0.2) is 0 Å². The molecule has 0 aliphatic rings. The fourth-order valence-corrected chi connectivity index (χ4v) is 2.03. The molecule has 0 atom stereocenters. The van der Waals surface area contributed by atoms with Gasteiger partial charge in [-0.2, -0.15) is 13.2 Å². The summed E-state index contributed by atoms with van der Waals surface area (Å²) < 4.78 is 56.6. The van der Waals surface area contributed by atoms with Gasteiger partial charge in [-0.05, 0) is 36.4 Å². The number of hydrogen-bond donors (Lipinski definition) is 1. The van der Waals surface area contributed by atoms with Crippen LogP contribution in [0.3, 0.4) is 0 Å². The molecule has 2 N–H and O–H groups in total. The molecular formula is C14H10BrF4NO. The van der Waals surface area contributed by atoms with Crippen molar-refractivity contribution in [3.63, 3.8) is 0 Å². The van der Waals surface area contributed by atoms with Crippen molar-refractivity contribution in [2.24, 2.45) is 0 Å². The molecule has 0 aromatic heterocycles. The van der Waals surface area contributed by atoms with Gasteiger partial charge in [-0.15, -0.1) is 0 Å². The fraction of sp³-hybridized carbons (Fsp3) is 0.143. The van der Waals surface area contributed by atoms with Crippen LogP contribution in [0.5, 0.6) is 5.75 Å². The molecular weight excluding hydrogens is 354 g/mol. The molecule has 0 bridgehead atoms. The number of nitrogens with two attached hydrogens (primary N) is 1. The summed E-state index contributed by atoms with van der Waals surface area (Å²) in [6.45, 7) is -0.0199. The molecule has 0 spiro atoms. The van der Waals surface area contributed by atoms with Gasteiger partial charge in [-0.3, -0.25) is 0 Å². The first-order valence-corrected chi connectivity index (χ1v) is 6.60. The number of benzene rings is 2. The van der Waals surface area contributed by atoms with E-state index in [1.165, 1.54) is 18.2 Å². The summed E-state index contributed by atoms with van der Waals surface area (Å²) in [5.41, 5.74) is 5.09. The topological polar surface area (TPSA) is 35.2 Å². The predicted molar refractivity (Wildman–Crippen MR) is 74.3 cm³/mol. The van der Waals surface area contributed by atoms with Crippen LogP contribution in [0.25, 0.3) is 0 Å². The lowest BCUT2D eigenvalue weighted by molar-refractivity contribution is -0.137. The Hall–Kier alpha value is -1.76. The third kappa shape index (κ3) is 3.87. The van der Waals surface area contributed by atoms with E-state index in [4.69, 9.17) is 10.5 Å². The average molecular weight is 364 g/mol. The molecule has 0 saturated heterocycles. The van der Waals surface area contributed by atoms with E-state index < -0.39 is 17.6 Å². The number of rotatable bonds is 3. The van der Waals surface area contributed by atoms with Gasteiger partial charge in [0, 0.05) is 10.0 Å². The number of anilines is 1. The highest BCUT2D eigenvalue weighted by Crippen LogP contribution is 2.34. The van der Waals surface area contributed by atoms with Crippen LogP contribution in [0.4, 0.5) is 23.2 Å². The van der Waals surface area contributed by atoms with Crippen LogP contribution in [0.15, 0.2) is 40.9 Å². The second kappa shape index (κ2) is 5.93. The van der Waals surface area contributed by atoms with Crippen LogP contribution in [0, 0.1) is 5.82 Å². The predicted octanol–water partition coefficient (Wildman–Crippen LogP) is 4.77. The summed E-state index contributed by atoms with van der Waals surface area (Å²) in [7, 11) is 0. The SMILES string of the molecule is Nc1cc(C(F)(F)F)ccc1OCc1cc(F)ccc1Br. The summed E-state index contributed by atoms with van der Waals surface area (Å²) in [6.07, 6.45) is -4.46. The lowest BCUT2D eigenvalue weighted by Gasteiger charge is -2.12. The maximum absolute atomic E-state index is 13.1. The molecule has 0 aliphatic carbocycles. The Morgan fingerprint density at radius 2 is 1.81 bits per heavy atom. The number of halogens is 5. The molecule has 0 radical (unpaired) electrons. The van der Waals surface area contributed by atoms with Crippen molar-refractivity contribution in [2.45, 2.75) is 12.8 Å². The zero-order chi connectivity index (χ0) is 15.6. The van der Waals surface area contributed by atoms with Crippen LogP contribution in [0.1, 0.15) is 11.1 Å². The van der Waals surface area contributed by atoms with Crippen molar-refractivity contribution in [1.29, 1.82) is 0 Å². The standard InChI is InChI=1S/C14H10BrF4NO/c15-11-3-2-10(16)5-8(11)7-21-13-4-1-9(6-12(13)20)14(17,18)19/h1-6H,7,20H2. The second-order valence-electron chi connectivity index (χ2n) is 4.27. The molecule has 2 aromatic carbocycles. The minimum absolute atomic E-state index is 0.0199. The summed E-state index contributed by atoms with van der Waals surface area (Å²) in [6, 6.07) is 6.89. The van der Waals surface area contributed by atoms with Gasteiger partial charge in [0.05, 0.1) is 11.3 Å². The van der Waals surface area contributed by atoms with E-state index in [9.17, 15) is 17.6 Å². The van der Waals surface area contributed by atoms with E-state index in [2.05, 4.69) is 15.9 Å². The van der Waals surface area contributed by atoms with Crippen LogP contribution >= 0.6 is 15.9 Å². The molecule has 21 heavy (non-hydrogen) atoms. The maximum Gasteiger partial charge on any atom is 0.416 e. The zero-order valence-corrected chi connectivity index (χ0v) is 12.1. The highest BCUT2D eigenvalue weighted by molar-refractivity contribution is 9.10. The van der Waals surface area contributed by atoms with Crippen molar-refractivity contribution >= 4 is 21.6 Å². The van der Waals surface area contributed by atoms with Gasteiger partial charge in [-0.1, -0.05) is 15.9 Å². The molecule has 2 nitrogen and oxygen atoms in total. The molecule has 7 heteroatoms. The minimum atomic E-state index is -4.46. The number of alkyl halides is 3. The van der Waals surface area contributed by atoms with Crippen LogP contribution in [-0.2, 0) is 12.8 Å². The Balaban J connectivity index is 2.15. The van der Waals surface area contributed by atoms with Crippen molar-refractivity contribution < 1.29 is 22.3 Å². The van der Waals surface area contributed by atoms with Gasteiger partial charge in [0.25, 0.3) is 0 Å². The van der Waals surface area contributed by atoms with Crippen LogP contribution < -0.4 is 10.5 Å². The molecule has 0 unspecified atom stereocenters. The molecule has 0 heterocycles.